The van der Waals surface area contributed by atoms with Gasteiger partial charge < -0.3 is 9.52 Å². The molecule has 168 valence electrons. The minimum atomic E-state index is -0.542. The second kappa shape index (κ2) is 9.92. The number of phenolic OH excluding ortho intramolecular Hbond substituents is 1. The van der Waals surface area contributed by atoms with Crippen molar-refractivity contribution in [1.29, 1.82) is 0 Å². The molecule has 1 aromatic heterocycles. The molecule has 0 saturated carbocycles. The van der Waals surface area contributed by atoms with Gasteiger partial charge in [0.25, 0.3) is 0 Å². The summed E-state index contributed by atoms with van der Waals surface area (Å²) in [7, 11) is 0. The molecular formula is C27H25ClN2O3. The fraction of sp³-hybridized carbons (Fsp3) is 0.185. The average molecular weight is 461 g/mol. The highest BCUT2D eigenvalue weighted by molar-refractivity contribution is 6.33. The number of carbonyl (C=O) groups excluding carboxylic acids is 1. The minimum Gasteiger partial charge on any atom is -0.508 e. The zero-order chi connectivity index (χ0) is 23.4. The number of hydrogen-bond acceptors (Lipinski definition) is 4. The number of halogens is 1. The van der Waals surface area contributed by atoms with Crippen LogP contribution in [0, 0.1) is 6.92 Å². The number of hydrogen-bond donors (Lipinski definition) is 2. The average Bonchev–Trinajstić information content (AvgIpc) is 3.22. The third kappa shape index (κ3) is 4.94. The molecule has 0 aliphatic rings. The van der Waals surface area contributed by atoms with Gasteiger partial charge in [-0.3, -0.25) is 10.1 Å². The van der Waals surface area contributed by atoms with Crippen LogP contribution in [-0.2, 0) is 4.79 Å². The van der Waals surface area contributed by atoms with Crippen molar-refractivity contribution in [2.24, 2.45) is 0 Å². The number of amides is 1. The molecule has 1 amide bonds. The third-order valence-electron chi connectivity index (χ3n) is 5.47. The number of nitrogens with zero attached hydrogens (tertiary/aromatic N) is 1. The molecule has 33 heavy (non-hydrogen) atoms. The van der Waals surface area contributed by atoms with E-state index in [4.69, 9.17) is 16.0 Å². The predicted octanol–water partition coefficient (Wildman–Crippen LogP) is 7.20. The zero-order valence-corrected chi connectivity index (χ0v) is 19.3. The summed E-state index contributed by atoms with van der Waals surface area (Å²) >= 11 is 6.44. The molecule has 1 unspecified atom stereocenters. The van der Waals surface area contributed by atoms with E-state index in [0.29, 0.717) is 34.2 Å². The van der Waals surface area contributed by atoms with Gasteiger partial charge in [0, 0.05) is 16.7 Å². The monoisotopic (exact) mass is 460 g/mol. The van der Waals surface area contributed by atoms with Crippen molar-refractivity contribution in [2.75, 3.05) is 5.32 Å². The second-order valence-electron chi connectivity index (χ2n) is 7.94. The van der Waals surface area contributed by atoms with Crippen LogP contribution in [0.2, 0.25) is 5.02 Å². The Morgan fingerprint density at radius 3 is 2.52 bits per heavy atom. The first-order valence-corrected chi connectivity index (χ1v) is 11.3. The molecule has 0 bridgehead atoms. The lowest BCUT2D eigenvalue weighted by Crippen LogP contribution is -2.21. The summed E-state index contributed by atoms with van der Waals surface area (Å²) in [6.07, 6.45) is 1.35. The van der Waals surface area contributed by atoms with Crippen LogP contribution in [0.4, 0.5) is 5.88 Å². The fourth-order valence-electron chi connectivity index (χ4n) is 3.81. The van der Waals surface area contributed by atoms with Crippen LogP contribution >= 0.6 is 11.6 Å². The van der Waals surface area contributed by atoms with Gasteiger partial charge >= 0.3 is 0 Å². The fourth-order valence-corrected chi connectivity index (χ4v) is 4.03. The smallest absolute Gasteiger partial charge is 0.234 e. The molecule has 6 heteroatoms. The molecule has 3 aromatic carbocycles. The van der Waals surface area contributed by atoms with E-state index in [2.05, 4.69) is 10.3 Å². The van der Waals surface area contributed by atoms with Crippen molar-refractivity contribution in [3.63, 3.8) is 0 Å². The highest BCUT2D eigenvalue weighted by Gasteiger charge is 2.26. The Labute approximate surface area is 198 Å². The van der Waals surface area contributed by atoms with Gasteiger partial charge in [-0.15, -0.1) is 0 Å². The van der Waals surface area contributed by atoms with Crippen LogP contribution in [0.1, 0.15) is 36.8 Å². The number of aryl methyl sites for hydroxylation is 1. The van der Waals surface area contributed by atoms with E-state index in [-0.39, 0.29) is 17.5 Å². The van der Waals surface area contributed by atoms with E-state index in [1.807, 2.05) is 68.4 Å². The van der Waals surface area contributed by atoms with Gasteiger partial charge in [-0.25, -0.2) is 4.98 Å². The standard InChI is InChI=1S/C27H25ClN2O3/c1-3-9-20(19-15-14-17(2)16-23(19)31)25(32)30-27-24(21-12-7-8-13-22(21)28)29-26(33-27)18-10-5-4-6-11-18/h4-8,10-16,20,31H,3,9H2,1-2H3,(H,30,32). The molecule has 1 heterocycles. The molecule has 0 saturated heterocycles. The van der Waals surface area contributed by atoms with Gasteiger partial charge in [0.15, 0.2) is 0 Å². The second-order valence-corrected chi connectivity index (χ2v) is 8.34. The van der Waals surface area contributed by atoms with Crippen molar-refractivity contribution in [1.82, 2.24) is 4.98 Å². The lowest BCUT2D eigenvalue weighted by atomic mass is 9.92. The van der Waals surface area contributed by atoms with Crippen LogP contribution in [0.15, 0.2) is 77.2 Å². The van der Waals surface area contributed by atoms with Crippen LogP contribution in [0.5, 0.6) is 5.75 Å². The van der Waals surface area contributed by atoms with Gasteiger partial charge in [0.05, 0.1) is 10.9 Å². The topological polar surface area (TPSA) is 75.4 Å². The first kappa shape index (κ1) is 22.6. The molecular weight excluding hydrogens is 436 g/mol. The van der Waals surface area contributed by atoms with E-state index in [1.165, 1.54) is 0 Å². The maximum absolute atomic E-state index is 13.4. The minimum absolute atomic E-state index is 0.109. The summed E-state index contributed by atoms with van der Waals surface area (Å²) in [4.78, 5) is 18.1. The van der Waals surface area contributed by atoms with E-state index in [1.54, 1.807) is 18.2 Å². The van der Waals surface area contributed by atoms with E-state index in [9.17, 15) is 9.90 Å². The van der Waals surface area contributed by atoms with E-state index >= 15 is 0 Å². The van der Waals surface area contributed by atoms with Crippen LogP contribution in [0.25, 0.3) is 22.7 Å². The number of aromatic nitrogens is 1. The predicted molar refractivity (Wildman–Crippen MR) is 132 cm³/mol. The van der Waals surface area contributed by atoms with Crippen LogP contribution < -0.4 is 5.32 Å². The number of phenols is 1. The van der Waals surface area contributed by atoms with Crippen molar-refractivity contribution < 1.29 is 14.3 Å². The number of oxazole rings is 1. The molecule has 1 atom stereocenters. The lowest BCUT2D eigenvalue weighted by molar-refractivity contribution is -0.117. The van der Waals surface area contributed by atoms with Crippen molar-refractivity contribution in [2.45, 2.75) is 32.6 Å². The Hall–Kier alpha value is -3.57. The molecule has 0 fully saturated rings. The van der Waals surface area contributed by atoms with Crippen molar-refractivity contribution in [3.05, 3.63) is 88.9 Å². The molecule has 0 aliphatic heterocycles. The van der Waals surface area contributed by atoms with Gasteiger partial charge in [-0.1, -0.05) is 73.5 Å². The molecule has 0 radical (unpaired) electrons. The highest BCUT2D eigenvalue weighted by atomic mass is 35.5. The quantitative estimate of drug-likeness (QED) is 0.306. The third-order valence-corrected chi connectivity index (χ3v) is 5.80. The summed E-state index contributed by atoms with van der Waals surface area (Å²) in [5, 5.41) is 13.9. The molecule has 2 N–H and O–H groups in total. The number of carbonyl (C=O) groups is 1. The van der Waals surface area contributed by atoms with Crippen molar-refractivity contribution in [3.8, 4) is 28.5 Å². The van der Waals surface area contributed by atoms with E-state index in [0.717, 1.165) is 17.5 Å². The molecule has 0 aliphatic carbocycles. The normalized spacial score (nSPS) is 11.8. The largest absolute Gasteiger partial charge is 0.508 e. The maximum Gasteiger partial charge on any atom is 0.234 e. The summed E-state index contributed by atoms with van der Waals surface area (Å²) in [5.41, 5.74) is 3.41. The van der Waals surface area contributed by atoms with E-state index < -0.39 is 5.92 Å². The Kier molecular flexibility index (Phi) is 6.80. The summed E-state index contributed by atoms with van der Waals surface area (Å²) in [6.45, 7) is 3.90. The Bertz CT molecular complexity index is 1270. The summed E-state index contributed by atoms with van der Waals surface area (Å²) < 4.78 is 6.03. The number of rotatable bonds is 7. The molecule has 5 nitrogen and oxygen atoms in total. The number of anilines is 1. The van der Waals surface area contributed by atoms with Gasteiger partial charge in [0.1, 0.15) is 11.4 Å². The molecule has 0 spiro atoms. The first-order valence-electron chi connectivity index (χ1n) is 10.9. The zero-order valence-electron chi connectivity index (χ0n) is 18.5. The van der Waals surface area contributed by atoms with Crippen LogP contribution in [-0.4, -0.2) is 16.0 Å². The first-order chi connectivity index (χ1) is 16.0. The Morgan fingerprint density at radius 1 is 1.09 bits per heavy atom. The van der Waals surface area contributed by atoms with Gasteiger partial charge in [-0.2, -0.15) is 0 Å². The van der Waals surface area contributed by atoms with Crippen LogP contribution in [0.3, 0.4) is 0 Å². The maximum atomic E-state index is 13.4. The number of benzene rings is 3. The highest BCUT2D eigenvalue weighted by Crippen LogP contribution is 2.38. The lowest BCUT2D eigenvalue weighted by Gasteiger charge is -2.17. The molecule has 4 rings (SSSR count). The Balaban J connectivity index is 1.74. The SMILES string of the molecule is CCCC(C(=O)Nc1oc(-c2ccccc2)nc1-c1ccccc1Cl)c1ccc(C)cc1O. The number of aromatic hydroxyl groups is 1. The Morgan fingerprint density at radius 2 is 1.82 bits per heavy atom. The summed E-state index contributed by atoms with van der Waals surface area (Å²) in [5.74, 6) is -0.108. The summed E-state index contributed by atoms with van der Waals surface area (Å²) in [6, 6.07) is 22.1. The number of nitrogens with one attached hydrogen (secondary N) is 1. The van der Waals surface area contributed by atoms with Crippen molar-refractivity contribution >= 4 is 23.4 Å². The molecule has 4 aromatic rings. The van der Waals surface area contributed by atoms with Gasteiger partial charge in [-0.05, 0) is 43.2 Å². The van der Waals surface area contributed by atoms with Gasteiger partial charge in [0.2, 0.25) is 17.7 Å².